The second kappa shape index (κ2) is 11.6. The van der Waals surface area contributed by atoms with E-state index >= 15 is 0 Å². The van der Waals surface area contributed by atoms with Crippen LogP contribution in [0.15, 0.2) is 12.2 Å². The fraction of sp³-hybridized carbons (Fsp3) is 0.786. The zero-order valence-corrected chi connectivity index (χ0v) is 11.7. The Kier molecular flexibility index (Phi) is 11.1. The lowest BCUT2D eigenvalue weighted by molar-refractivity contribution is -0.121. The smallest absolute Gasteiger partial charge is 0.220 e. The van der Waals surface area contributed by atoms with Gasteiger partial charge in [-0.05, 0) is 32.4 Å². The fourth-order valence-electron chi connectivity index (χ4n) is 1.65. The lowest BCUT2D eigenvalue weighted by Gasteiger charge is -2.17. The van der Waals surface area contributed by atoms with E-state index in [-0.39, 0.29) is 5.91 Å². The summed E-state index contributed by atoms with van der Waals surface area (Å²) in [6.07, 6.45) is 7.99. The summed E-state index contributed by atoms with van der Waals surface area (Å²) < 4.78 is 0. The molecule has 0 saturated heterocycles. The Morgan fingerprint density at radius 3 is 2.47 bits per heavy atom. The van der Waals surface area contributed by atoms with Gasteiger partial charge in [0.15, 0.2) is 0 Å². The number of nitrogens with zero attached hydrogens (tertiary/aromatic N) is 1. The number of likely N-dealkylation sites (N-methyl/N-ethyl adjacent to an activating group) is 1. The van der Waals surface area contributed by atoms with E-state index in [2.05, 4.69) is 43.1 Å². The van der Waals surface area contributed by atoms with Crippen LogP contribution in [0.1, 0.15) is 46.5 Å². The number of unbranched alkanes of at least 4 members (excludes halogenated alkanes) is 1. The van der Waals surface area contributed by atoms with Crippen molar-refractivity contribution >= 4 is 5.91 Å². The first-order valence-corrected chi connectivity index (χ1v) is 6.88. The molecule has 1 N–H and O–H groups in total. The van der Waals surface area contributed by atoms with Crippen LogP contribution < -0.4 is 5.32 Å². The van der Waals surface area contributed by atoms with Crippen molar-refractivity contribution in [2.45, 2.75) is 46.5 Å². The van der Waals surface area contributed by atoms with Crippen molar-refractivity contribution in [1.29, 1.82) is 0 Å². The van der Waals surface area contributed by atoms with Gasteiger partial charge in [0.25, 0.3) is 0 Å². The summed E-state index contributed by atoms with van der Waals surface area (Å²) in [5.41, 5.74) is 0. The first-order chi connectivity index (χ1) is 8.24. The van der Waals surface area contributed by atoms with Gasteiger partial charge in [0.05, 0.1) is 0 Å². The third kappa shape index (κ3) is 10.1. The minimum Gasteiger partial charge on any atom is -0.355 e. The summed E-state index contributed by atoms with van der Waals surface area (Å²) in [7, 11) is 0. The van der Waals surface area contributed by atoms with E-state index in [1.807, 2.05) is 0 Å². The van der Waals surface area contributed by atoms with Crippen LogP contribution in [-0.2, 0) is 4.79 Å². The molecular weight excluding hydrogens is 212 g/mol. The van der Waals surface area contributed by atoms with Crippen LogP contribution in [0.5, 0.6) is 0 Å². The third-order valence-electron chi connectivity index (χ3n) is 2.82. The topological polar surface area (TPSA) is 32.3 Å². The van der Waals surface area contributed by atoms with E-state index < -0.39 is 0 Å². The van der Waals surface area contributed by atoms with Crippen molar-refractivity contribution in [2.24, 2.45) is 0 Å². The molecular formula is C14H28N2O. The highest BCUT2D eigenvalue weighted by Gasteiger charge is 2.01. The lowest BCUT2D eigenvalue weighted by atomic mass is 10.2. The molecule has 0 aromatic rings. The molecule has 17 heavy (non-hydrogen) atoms. The van der Waals surface area contributed by atoms with Crippen LogP contribution in [0.3, 0.4) is 0 Å². The van der Waals surface area contributed by atoms with Gasteiger partial charge in [-0.1, -0.05) is 32.9 Å². The van der Waals surface area contributed by atoms with Gasteiger partial charge in [-0.25, -0.2) is 0 Å². The molecule has 0 aliphatic rings. The van der Waals surface area contributed by atoms with Crippen LogP contribution in [0.4, 0.5) is 0 Å². The molecule has 0 radical (unpaired) electrons. The number of hydrogen-bond donors (Lipinski definition) is 1. The molecule has 0 aromatic carbocycles. The Morgan fingerprint density at radius 2 is 1.88 bits per heavy atom. The molecule has 3 heteroatoms. The molecule has 0 aliphatic carbocycles. The van der Waals surface area contributed by atoms with E-state index in [4.69, 9.17) is 0 Å². The molecule has 3 nitrogen and oxygen atoms in total. The number of nitrogens with one attached hydrogen (secondary N) is 1. The van der Waals surface area contributed by atoms with Crippen LogP contribution >= 0.6 is 0 Å². The van der Waals surface area contributed by atoms with Gasteiger partial charge < -0.3 is 10.2 Å². The Bertz CT molecular complexity index is 210. The van der Waals surface area contributed by atoms with Gasteiger partial charge in [0, 0.05) is 19.5 Å². The molecule has 0 fully saturated rings. The number of hydrogen-bond acceptors (Lipinski definition) is 2. The Morgan fingerprint density at radius 1 is 1.18 bits per heavy atom. The fourth-order valence-corrected chi connectivity index (χ4v) is 1.65. The zero-order valence-electron chi connectivity index (χ0n) is 11.7. The second-order valence-corrected chi connectivity index (χ2v) is 4.15. The molecule has 0 spiro atoms. The van der Waals surface area contributed by atoms with Crippen molar-refractivity contribution in [3.8, 4) is 0 Å². The largest absolute Gasteiger partial charge is 0.355 e. The molecule has 0 rings (SSSR count). The zero-order chi connectivity index (χ0) is 12.9. The number of carbonyl (C=O) groups is 1. The first-order valence-electron chi connectivity index (χ1n) is 6.88. The van der Waals surface area contributed by atoms with Gasteiger partial charge in [-0.2, -0.15) is 0 Å². The van der Waals surface area contributed by atoms with Crippen molar-refractivity contribution in [2.75, 3.05) is 26.2 Å². The quantitative estimate of drug-likeness (QED) is 0.470. The summed E-state index contributed by atoms with van der Waals surface area (Å²) in [5.74, 6) is 0.182. The summed E-state index contributed by atoms with van der Waals surface area (Å²) in [4.78, 5) is 13.8. The standard InChI is InChI=1S/C14H28N2O/c1-4-7-8-9-10-11-14(17)15-12-13-16(5-2)6-3/h7-8H,4-6,9-13H2,1-3H3,(H,15,17)/b8-7+. The minimum absolute atomic E-state index is 0.182. The Balaban J connectivity index is 3.43. The Hall–Kier alpha value is -0.830. The molecule has 0 saturated carbocycles. The van der Waals surface area contributed by atoms with Crippen LogP contribution in [0.2, 0.25) is 0 Å². The highest BCUT2D eigenvalue weighted by Crippen LogP contribution is 1.97. The summed E-state index contributed by atoms with van der Waals surface area (Å²) in [5, 5.41) is 2.97. The van der Waals surface area contributed by atoms with E-state index in [1.165, 1.54) is 0 Å². The molecule has 0 heterocycles. The number of amides is 1. The highest BCUT2D eigenvalue weighted by molar-refractivity contribution is 5.75. The molecule has 0 aromatic heterocycles. The normalized spacial score (nSPS) is 11.3. The lowest BCUT2D eigenvalue weighted by Crippen LogP contribution is -2.34. The maximum absolute atomic E-state index is 11.5. The molecule has 1 amide bonds. The molecule has 0 bridgehead atoms. The highest BCUT2D eigenvalue weighted by atomic mass is 16.1. The molecule has 0 aliphatic heterocycles. The number of allylic oxidation sites excluding steroid dienone is 2. The van der Waals surface area contributed by atoms with E-state index in [9.17, 15) is 4.79 Å². The second-order valence-electron chi connectivity index (χ2n) is 4.15. The number of rotatable bonds is 10. The van der Waals surface area contributed by atoms with E-state index in [0.717, 1.165) is 45.4 Å². The average molecular weight is 240 g/mol. The van der Waals surface area contributed by atoms with E-state index in [1.54, 1.807) is 0 Å². The maximum atomic E-state index is 11.5. The van der Waals surface area contributed by atoms with Crippen LogP contribution in [0.25, 0.3) is 0 Å². The molecule has 100 valence electrons. The van der Waals surface area contributed by atoms with E-state index in [0.29, 0.717) is 6.42 Å². The van der Waals surface area contributed by atoms with Crippen LogP contribution in [-0.4, -0.2) is 37.0 Å². The molecule has 0 unspecified atom stereocenters. The average Bonchev–Trinajstić information content (AvgIpc) is 2.34. The maximum Gasteiger partial charge on any atom is 0.220 e. The summed E-state index contributed by atoms with van der Waals surface area (Å²) >= 11 is 0. The van der Waals surface area contributed by atoms with Crippen molar-refractivity contribution in [3.63, 3.8) is 0 Å². The minimum atomic E-state index is 0.182. The SMILES string of the molecule is CC/C=C/CCCC(=O)NCCN(CC)CC. The predicted octanol–water partition coefficient (Wildman–Crippen LogP) is 2.58. The van der Waals surface area contributed by atoms with Gasteiger partial charge >= 0.3 is 0 Å². The molecule has 0 atom stereocenters. The van der Waals surface area contributed by atoms with Gasteiger partial charge in [0.1, 0.15) is 0 Å². The van der Waals surface area contributed by atoms with Gasteiger partial charge in [-0.3, -0.25) is 4.79 Å². The van der Waals surface area contributed by atoms with Gasteiger partial charge in [0.2, 0.25) is 5.91 Å². The van der Waals surface area contributed by atoms with Gasteiger partial charge in [-0.15, -0.1) is 0 Å². The van der Waals surface area contributed by atoms with Crippen molar-refractivity contribution < 1.29 is 4.79 Å². The monoisotopic (exact) mass is 240 g/mol. The summed E-state index contributed by atoms with van der Waals surface area (Å²) in [6.45, 7) is 10.2. The predicted molar refractivity (Wildman–Crippen MR) is 74.1 cm³/mol. The number of carbonyl (C=O) groups excluding carboxylic acids is 1. The van der Waals surface area contributed by atoms with Crippen molar-refractivity contribution in [3.05, 3.63) is 12.2 Å². The van der Waals surface area contributed by atoms with Crippen LogP contribution in [0, 0.1) is 0 Å². The Labute approximate surface area is 106 Å². The van der Waals surface area contributed by atoms with Crippen molar-refractivity contribution in [1.82, 2.24) is 10.2 Å². The third-order valence-corrected chi connectivity index (χ3v) is 2.82. The summed E-state index contributed by atoms with van der Waals surface area (Å²) in [6, 6.07) is 0. The first kappa shape index (κ1) is 16.2.